The van der Waals surface area contributed by atoms with Crippen molar-refractivity contribution in [1.82, 2.24) is 9.55 Å². The Morgan fingerprint density at radius 1 is 1.11 bits per heavy atom. The molecule has 0 aliphatic carbocycles. The molecule has 1 aromatic heterocycles. The summed E-state index contributed by atoms with van der Waals surface area (Å²) in [5.41, 5.74) is 8.13. The van der Waals surface area contributed by atoms with Gasteiger partial charge in [0, 0.05) is 22.5 Å². The van der Waals surface area contributed by atoms with Crippen LogP contribution in [0.2, 0.25) is 5.02 Å². The minimum atomic E-state index is 0.297. The average Bonchev–Trinajstić information content (AvgIpc) is 2.68. The van der Waals surface area contributed by atoms with Crippen molar-refractivity contribution in [3.8, 4) is 11.3 Å². The summed E-state index contributed by atoms with van der Waals surface area (Å²) in [6.45, 7) is 8.50. The Morgan fingerprint density at radius 3 is 2.11 bits per heavy atom. The first kappa shape index (κ1) is 13.9. The van der Waals surface area contributed by atoms with Crippen LogP contribution in [0.1, 0.15) is 45.5 Å². The van der Waals surface area contributed by atoms with E-state index in [1.54, 1.807) is 0 Å². The van der Waals surface area contributed by atoms with Gasteiger partial charge in [0.25, 0.3) is 0 Å². The normalized spacial score (nSPS) is 11.5. The van der Waals surface area contributed by atoms with Crippen molar-refractivity contribution in [2.45, 2.75) is 39.7 Å². The molecule has 4 heteroatoms. The quantitative estimate of drug-likeness (QED) is 0.898. The molecule has 0 saturated heterocycles. The summed E-state index contributed by atoms with van der Waals surface area (Å²) in [5, 5.41) is 0.717. The Bertz CT molecular complexity index is 568. The zero-order valence-corrected chi connectivity index (χ0v) is 12.6. The number of nitrogens with zero attached hydrogens (tertiary/aromatic N) is 2. The number of nitrogens with two attached hydrogens (primary N) is 1. The highest BCUT2D eigenvalue weighted by Gasteiger charge is 2.19. The molecule has 0 spiro atoms. The van der Waals surface area contributed by atoms with E-state index in [0.717, 1.165) is 27.9 Å². The Hall–Kier alpha value is -1.48. The Balaban J connectivity index is 2.59. The Kier molecular flexibility index (Phi) is 3.85. The number of rotatable bonds is 3. The third-order valence-electron chi connectivity index (χ3n) is 3.13. The first-order valence-electron chi connectivity index (χ1n) is 6.55. The van der Waals surface area contributed by atoms with Crippen LogP contribution in [0.15, 0.2) is 24.3 Å². The van der Waals surface area contributed by atoms with E-state index in [1.165, 1.54) is 0 Å². The summed E-state index contributed by atoms with van der Waals surface area (Å²) < 4.78 is 2.11. The van der Waals surface area contributed by atoms with Gasteiger partial charge in [-0.15, -0.1) is 0 Å². The van der Waals surface area contributed by atoms with Crippen molar-refractivity contribution in [2.75, 3.05) is 5.73 Å². The van der Waals surface area contributed by atoms with E-state index in [1.807, 2.05) is 24.3 Å². The lowest BCUT2D eigenvalue weighted by molar-refractivity contribution is 0.556. The fourth-order valence-corrected chi connectivity index (χ4v) is 2.36. The average molecular weight is 278 g/mol. The SMILES string of the molecule is CC(C)c1nc(-c2ccc(Cl)cc2)c(N)n1C(C)C. The first-order chi connectivity index (χ1) is 8.91. The maximum absolute atomic E-state index is 6.28. The molecule has 1 aromatic carbocycles. The monoisotopic (exact) mass is 277 g/mol. The fraction of sp³-hybridized carbons (Fsp3) is 0.400. The Labute approximate surface area is 119 Å². The molecule has 2 rings (SSSR count). The molecular weight excluding hydrogens is 258 g/mol. The minimum absolute atomic E-state index is 0.297. The highest BCUT2D eigenvalue weighted by atomic mass is 35.5. The summed E-state index contributed by atoms with van der Waals surface area (Å²) in [5.74, 6) is 2.09. The van der Waals surface area contributed by atoms with Crippen LogP contribution >= 0.6 is 11.6 Å². The third kappa shape index (κ3) is 2.61. The topological polar surface area (TPSA) is 43.8 Å². The summed E-state index contributed by atoms with van der Waals surface area (Å²) in [4.78, 5) is 4.73. The highest BCUT2D eigenvalue weighted by molar-refractivity contribution is 6.30. The van der Waals surface area contributed by atoms with Crippen LogP contribution in [0, 0.1) is 0 Å². The predicted molar refractivity (Wildman–Crippen MR) is 81.6 cm³/mol. The molecule has 3 nitrogen and oxygen atoms in total. The molecule has 102 valence electrons. The molecule has 0 bridgehead atoms. The van der Waals surface area contributed by atoms with Crippen molar-refractivity contribution < 1.29 is 0 Å². The minimum Gasteiger partial charge on any atom is -0.383 e. The van der Waals surface area contributed by atoms with E-state index in [2.05, 4.69) is 32.3 Å². The number of halogens is 1. The van der Waals surface area contributed by atoms with Gasteiger partial charge in [-0.3, -0.25) is 0 Å². The smallest absolute Gasteiger partial charge is 0.131 e. The van der Waals surface area contributed by atoms with Gasteiger partial charge in [-0.1, -0.05) is 37.6 Å². The second-order valence-corrected chi connectivity index (χ2v) is 5.77. The summed E-state index contributed by atoms with van der Waals surface area (Å²) in [6.07, 6.45) is 0. The summed E-state index contributed by atoms with van der Waals surface area (Å²) in [6, 6.07) is 7.93. The molecule has 19 heavy (non-hydrogen) atoms. The molecule has 0 aliphatic rings. The van der Waals surface area contributed by atoms with Gasteiger partial charge in [-0.05, 0) is 26.0 Å². The van der Waals surface area contributed by atoms with Gasteiger partial charge < -0.3 is 10.3 Å². The molecule has 0 unspecified atom stereocenters. The van der Waals surface area contributed by atoms with Crippen LogP contribution in [-0.2, 0) is 0 Å². The van der Waals surface area contributed by atoms with Gasteiger partial charge in [-0.25, -0.2) is 4.98 Å². The second-order valence-electron chi connectivity index (χ2n) is 5.33. The number of nitrogen functional groups attached to an aromatic ring is 1. The van der Waals surface area contributed by atoms with E-state index >= 15 is 0 Å². The van der Waals surface area contributed by atoms with Gasteiger partial charge in [0.2, 0.25) is 0 Å². The highest BCUT2D eigenvalue weighted by Crippen LogP contribution is 2.32. The number of benzene rings is 1. The zero-order chi connectivity index (χ0) is 14.2. The first-order valence-corrected chi connectivity index (χ1v) is 6.93. The lowest BCUT2D eigenvalue weighted by Crippen LogP contribution is -2.10. The van der Waals surface area contributed by atoms with E-state index < -0.39 is 0 Å². The fourth-order valence-electron chi connectivity index (χ4n) is 2.23. The third-order valence-corrected chi connectivity index (χ3v) is 3.38. The lowest BCUT2D eigenvalue weighted by Gasteiger charge is -2.15. The van der Waals surface area contributed by atoms with Crippen molar-refractivity contribution in [1.29, 1.82) is 0 Å². The van der Waals surface area contributed by atoms with Crippen LogP contribution in [0.5, 0.6) is 0 Å². The number of hydrogen-bond acceptors (Lipinski definition) is 2. The van der Waals surface area contributed by atoms with Gasteiger partial charge in [0.15, 0.2) is 0 Å². The van der Waals surface area contributed by atoms with Crippen LogP contribution in [0.25, 0.3) is 11.3 Å². The van der Waals surface area contributed by atoms with Crippen molar-refractivity contribution in [3.05, 3.63) is 35.1 Å². The summed E-state index contributed by atoms with van der Waals surface area (Å²) >= 11 is 5.92. The molecule has 1 heterocycles. The van der Waals surface area contributed by atoms with Gasteiger partial charge >= 0.3 is 0 Å². The van der Waals surface area contributed by atoms with Gasteiger partial charge in [0.1, 0.15) is 17.3 Å². The zero-order valence-electron chi connectivity index (χ0n) is 11.8. The number of imidazole rings is 1. The molecule has 0 saturated carbocycles. The van der Waals surface area contributed by atoms with Gasteiger partial charge in [0.05, 0.1) is 0 Å². The Morgan fingerprint density at radius 2 is 1.68 bits per heavy atom. The second kappa shape index (κ2) is 5.25. The van der Waals surface area contributed by atoms with E-state index in [0.29, 0.717) is 12.0 Å². The van der Waals surface area contributed by atoms with E-state index in [9.17, 15) is 0 Å². The van der Waals surface area contributed by atoms with Crippen molar-refractivity contribution >= 4 is 17.4 Å². The molecule has 0 radical (unpaired) electrons. The van der Waals surface area contributed by atoms with Crippen molar-refractivity contribution in [3.63, 3.8) is 0 Å². The lowest BCUT2D eigenvalue weighted by atomic mass is 10.1. The van der Waals surface area contributed by atoms with Crippen molar-refractivity contribution in [2.24, 2.45) is 0 Å². The van der Waals surface area contributed by atoms with Gasteiger partial charge in [-0.2, -0.15) is 0 Å². The molecule has 0 amide bonds. The largest absolute Gasteiger partial charge is 0.383 e. The van der Waals surface area contributed by atoms with Crippen LogP contribution in [0.3, 0.4) is 0 Å². The molecule has 0 atom stereocenters. The molecule has 0 aliphatic heterocycles. The van der Waals surface area contributed by atoms with Crippen LogP contribution in [-0.4, -0.2) is 9.55 Å². The molecule has 2 aromatic rings. The maximum Gasteiger partial charge on any atom is 0.131 e. The van der Waals surface area contributed by atoms with E-state index in [-0.39, 0.29) is 0 Å². The molecule has 2 N–H and O–H groups in total. The van der Waals surface area contributed by atoms with Crippen LogP contribution in [0.4, 0.5) is 5.82 Å². The molecular formula is C15H20ClN3. The maximum atomic E-state index is 6.28. The number of anilines is 1. The van der Waals surface area contributed by atoms with E-state index in [4.69, 9.17) is 22.3 Å². The number of aromatic nitrogens is 2. The standard InChI is InChI=1S/C15H20ClN3/c1-9(2)15-18-13(14(17)19(15)10(3)4)11-5-7-12(16)8-6-11/h5-10H,17H2,1-4H3. The van der Waals surface area contributed by atoms with Crippen LogP contribution < -0.4 is 5.73 Å². The summed E-state index contributed by atoms with van der Waals surface area (Å²) in [7, 11) is 0. The number of hydrogen-bond donors (Lipinski definition) is 1. The predicted octanol–water partition coefficient (Wildman–Crippen LogP) is 4.49. The molecule has 0 fully saturated rings.